The summed E-state index contributed by atoms with van der Waals surface area (Å²) < 4.78 is 11.1. The average Bonchev–Trinajstić information content (AvgIpc) is 3.22. The summed E-state index contributed by atoms with van der Waals surface area (Å²) in [4.78, 5) is 27.6. The predicted molar refractivity (Wildman–Crippen MR) is 149 cm³/mol. The zero-order valence-corrected chi connectivity index (χ0v) is 23.7. The van der Waals surface area contributed by atoms with Gasteiger partial charge in [0.25, 0.3) is 0 Å². The Kier molecular flexibility index (Phi) is 8.93. The van der Waals surface area contributed by atoms with E-state index in [-0.39, 0.29) is 18.1 Å². The minimum absolute atomic E-state index is 0.00173. The van der Waals surface area contributed by atoms with Gasteiger partial charge < -0.3 is 19.9 Å². The van der Waals surface area contributed by atoms with Crippen LogP contribution in [0.25, 0.3) is 0 Å². The van der Waals surface area contributed by atoms with Crippen LogP contribution in [0, 0.1) is 11.3 Å². The smallest absolute Gasteiger partial charge is 0.411 e. The number of ether oxygens (including phenoxy) is 2. The summed E-state index contributed by atoms with van der Waals surface area (Å²) in [5, 5.41) is 14.1. The number of likely N-dealkylation sites (tertiary alicyclic amines) is 1. The molecule has 1 unspecified atom stereocenters. The molecule has 2 aromatic carbocycles. The minimum atomic E-state index is -1.09. The summed E-state index contributed by atoms with van der Waals surface area (Å²) in [6, 6.07) is 13.7. The molecule has 3 rings (SSSR count). The number of hydrogen-bond donors (Lipinski definition) is 2. The maximum atomic E-state index is 13.4. The quantitative estimate of drug-likeness (QED) is 0.417. The fraction of sp³-hybridized carbons (Fsp3) is 0.484. The summed E-state index contributed by atoms with van der Waals surface area (Å²) in [6.45, 7) is 16.6. The molecular formula is C31H42N2O5. The lowest BCUT2D eigenvalue weighted by atomic mass is 9.72. The van der Waals surface area contributed by atoms with Crippen molar-refractivity contribution < 1.29 is 24.2 Å². The standard InChI is InChI=1S/C31H42N2O5/c1-9-17-38-29(36)33-26(20-13-11-10-12-14-20)25(24(31(5,6)7)27(33)28(34)35)32-19-21-18-22(30(2,3)4)15-16-23(21)37-8/h9-16,18,24-27,32H,1,17,19H2,2-8H3,(H,34,35)/t24-,25-,26-,27?/m0/s1. The van der Waals surface area contributed by atoms with E-state index < -0.39 is 35.5 Å². The summed E-state index contributed by atoms with van der Waals surface area (Å²) in [7, 11) is 1.65. The molecular weight excluding hydrogens is 480 g/mol. The lowest BCUT2D eigenvalue weighted by molar-refractivity contribution is -0.144. The number of carboxylic acid groups (broad SMARTS) is 1. The topological polar surface area (TPSA) is 88.1 Å². The second kappa shape index (κ2) is 11.6. The number of benzene rings is 2. The molecule has 7 nitrogen and oxygen atoms in total. The van der Waals surface area contributed by atoms with Crippen LogP contribution in [-0.4, -0.2) is 47.9 Å². The summed E-state index contributed by atoms with van der Waals surface area (Å²) in [6.07, 6.45) is 0.809. The van der Waals surface area contributed by atoms with E-state index in [2.05, 4.69) is 44.8 Å². The lowest BCUT2D eigenvalue weighted by Gasteiger charge is -2.35. The molecule has 0 spiro atoms. The maximum Gasteiger partial charge on any atom is 0.411 e. The minimum Gasteiger partial charge on any atom is -0.496 e. The fourth-order valence-corrected chi connectivity index (χ4v) is 5.50. The summed E-state index contributed by atoms with van der Waals surface area (Å²) in [5.74, 6) is -0.722. The molecule has 0 bridgehead atoms. The number of methoxy groups -OCH3 is 1. The Morgan fingerprint density at radius 1 is 1.08 bits per heavy atom. The highest BCUT2D eigenvalue weighted by Crippen LogP contribution is 2.48. The molecule has 0 aliphatic carbocycles. The molecule has 7 heteroatoms. The van der Waals surface area contributed by atoms with E-state index >= 15 is 0 Å². The van der Waals surface area contributed by atoms with Crippen LogP contribution in [0.3, 0.4) is 0 Å². The van der Waals surface area contributed by atoms with Crippen LogP contribution >= 0.6 is 0 Å². The highest BCUT2D eigenvalue weighted by molar-refractivity contribution is 5.82. The van der Waals surface area contributed by atoms with Crippen LogP contribution in [0.1, 0.15) is 64.3 Å². The van der Waals surface area contributed by atoms with Crippen molar-refractivity contribution in [3.8, 4) is 5.75 Å². The molecule has 1 amide bonds. The fourth-order valence-electron chi connectivity index (χ4n) is 5.50. The van der Waals surface area contributed by atoms with Crippen molar-refractivity contribution >= 4 is 12.1 Å². The van der Waals surface area contributed by atoms with Crippen LogP contribution in [0.5, 0.6) is 5.75 Å². The molecule has 1 heterocycles. The Morgan fingerprint density at radius 3 is 2.26 bits per heavy atom. The third-order valence-electron chi connectivity index (χ3n) is 7.27. The van der Waals surface area contributed by atoms with Gasteiger partial charge in [0.2, 0.25) is 0 Å². The largest absolute Gasteiger partial charge is 0.496 e. The van der Waals surface area contributed by atoms with Gasteiger partial charge in [-0.3, -0.25) is 4.90 Å². The molecule has 38 heavy (non-hydrogen) atoms. The van der Waals surface area contributed by atoms with Crippen LogP contribution < -0.4 is 10.1 Å². The number of amides is 1. The monoisotopic (exact) mass is 522 g/mol. The van der Waals surface area contributed by atoms with E-state index in [4.69, 9.17) is 9.47 Å². The molecule has 1 fully saturated rings. The number of nitrogens with one attached hydrogen (secondary N) is 1. The van der Waals surface area contributed by atoms with Crippen molar-refractivity contribution in [3.05, 3.63) is 77.9 Å². The third kappa shape index (κ3) is 6.21. The zero-order valence-electron chi connectivity index (χ0n) is 23.7. The first kappa shape index (κ1) is 29.2. The molecule has 0 radical (unpaired) electrons. The molecule has 1 aliphatic rings. The Labute approximate surface area is 226 Å². The SMILES string of the molecule is C=CCOC(=O)N1C(C(=O)O)[C@@H](C(C)(C)C)[C@H](NCc2cc(C(C)(C)C)ccc2OC)[C@@H]1c1ccccc1. The van der Waals surface area contributed by atoms with Gasteiger partial charge in [0, 0.05) is 24.1 Å². The van der Waals surface area contributed by atoms with E-state index in [1.807, 2.05) is 57.2 Å². The van der Waals surface area contributed by atoms with E-state index in [1.165, 1.54) is 16.5 Å². The second-order valence-electron chi connectivity index (χ2n) is 12.0. The normalized spacial score (nSPS) is 21.7. The number of aliphatic carboxylic acids is 1. The third-order valence-corrected chi connectivity index (χ3v) is 7.27. The summed E-state index contributed by atoms with van der Waals surface area (Å²) in [5.41, 5.74) is 2.49. The first-order valence-corrected chi connectivity index (χ1v) is 13.1. The number of carbonyl (C=O) groups excluding carboxylic acids is 1. The Bertz CT molecular complexity index is 1130. The molecule has 2 aromatic rings. The molecule has 1 aliphatic heterocycles. The van der Waals surface area contributed by atoms with E-state index in [1.54, 1.807) is 7.11 Å². The van der Waals surface area contributed by atoms with Crippen molar-refractivity contribution in [1.29, 1.82) is 0 Å². The number of carboxylic acids is 1. The highest BCUT2D eigenvalue weighted by Gasteiger charge is 2.58. The Morgan fingerprint density at radius 2 is 1.74 bits per heavy atom. The van der Waals surface area contributed by atoms with Crippen molar-refractivity contribution in [3.63, 3.8) is 0 Å². The van der Waals surface area contributed by atoms with Gasteiger partial charge in [0.1, 0.15) is 18.4 Å². The molecule has 206 valence electrons. The number of carbonyl (C=O) groups is 2. The number of rotatable bonds is 8. The van der Waals surface area contributed by atoms with Crippen molar-refractivity contribution in [2.24, 2.45) is 11.3 Å². The number of hydrogen-bond acceptors (Lipinski definition) is 5. The Hall–Kier alpha value is -3.32. The summed E-state index contributed by atoms with van der Waals surface area (Å²) >= 11 is 0. The van der Waals surface area contributed by atoms with Crippen LogP contribution in [0.4, 0.5) is 4.79 Å². The average molecular weight is 523 g/mol. The van der Waals surface area contributed by atoms with Gasteiger partial charge in [0.15, 0.2) is 0 Å². The zero-order chi connectivity index (χ0) is 28.3. The van der Waals surface area contributed by atoms with Gasteiger partial charge in [0.05, 0.1) is 13.2 Å². The first-order valence-electron chi connectivity index (χ1n) is 13.1. The molecule has 0 aromatic heterocycles. The van der Waals surface area contributed by atoms with Gasteiger partial charge in [-0.2, -0.15) is 0 Å². The van der Waals surface area contributed by atoms with E-state index in [0.717, 1.165) is 16.9 Å². The van der Waals surface area contributed by atoms with Crippen molar-refractivity contribution in [1.82, 2.24) is 10.2 Å². The van der Waals surface area contributed by atoms with E-state index in [0.29, 0.717) is 6.54 Å². The van der Waals surface area contributed by atoms with Gasteiger partial charge in [-0.1, -0.05) is 96.7 Å². The van der Waals surface area contributed by atoms with Crippen molar-refractivity contribution in [2.45, 2.75) is 71.6 Å². The van der Waals surface area contributed by atoms with Gasteiger partial charge in [-0.05, 0) is 28.0 Å². The van der Waals surface area contributed by atoms with Crippen LogP contribution in [-0.2, 0) is 21.5 Å². The van der Waals surface area contributed by atoms with Gasteiger partial charge in [-0.25, -0.2) is 9.59 Å². The first-order chi connectivity index (χ1) is 17.8. The Balaban J connectivity index is 2.13. The number of nitrogens with zero attached hydrogens (tertiary/aromatic N) is 1. The highest BCUT2D eigenvalue weighted by atomic mass is 16.6. The van der Waals surface area contributed by atoms with Crippen LogP contribution in [0.2, 0.25) is 0 Å². The molecule has 2 N–H and O–H groups in total. The second-order valence-corrected chi connectivity index (χ2v) is 12.0. The molecule has 4 atom stereocenters. The predicted octanol–water partition coefficient (Wildman–Crippen LogP) is 5.95. The maximum absolute atomic E-state index is 13.4. The molecule has 0 saturated carbocycles. The van der Waals surface area contributed by atoms with Gasteiger partial charge in [-0.15, -0.1) is 0 Å². The van der Waals surface area contributed by atoms with Crippen molar-refractivity contribution in [2.75, 3.05) is 13.7 Å². The molecule has 1 saturated heterocycles. The van der Waals surface area contributed by atoms with Crippen LogP contribution in [0.15, 0.2) is 61.2 Å². The van der Waals surface area contributed by atoms with Gasteiger partial charge >= 0.3 is 12.1 Å². The van der Waals surface area contributed by atoms with E-state index in [9.17, 15) is 14.7 Å². The lowest BCUT2D eigenvalue weighted by Crippen LogP contribution is -2.48.